The highest BCUT2D eigenvalue weighted by Gasteiger charge is 2.41. The van der Waals surface area contributed by atoms with E-state index >= 15 is 0 Å². The van der Waals surface area contributed by atoms with E-state index < -0.39 is 0 Å². The Morgan fingerprint density at radius 2 is 2.04 bits per heavy atom. The van der Waals surface area contributed by atoms with Gasteiger partial charge in [0.2, 0.25) is 11.8 Å². The Bertz CT molecular complexity index is 522. The van der Waals surface area contributed by atoms with Crippen molar-refractivity contribution in [1.82, 2.24) is 14.7 Å². The highest BCUT2D eigenvalue weighted by molar-refractivity contribution is 5.89. The first-order valence-electron chi connectivity index (χ1n) is 9.88. The van der Waals surface area contributed by atoms with Gasteiger partial charge in [-0.05, 0) is 37.8 Å². The minimum absolute atomic E-state index is 0.0539. The van der Waals surface area contributed by atoms with Crippen molar-refractivity contribution in [1.29, 1.82) is 0 Å². The fraction of sp³-hybridized carbons (Fsp3) is 0.895. The van der Waals surface area contributed by atoms with Gasteiger partial charge in [0.1, 0.15) is 0 Å². The molecule has 3 rings (SSSR count). The number of likely N-dealkylation sites (tertiary alicyclic amines) is 3. The maximum absolute atomic E-state index is 12.9. The number of carbonyl (C=O) groups excluding carboxylic acids is 2. The number of likely N-dealkylation sites (N-methyl/N-ethyl adjacent to an activating group) is 1. The summed E-state index contributed by atoms with van der Waals surface area (Å²) < 4.78 is 0. The molecule has 6 nitrogen and oxygen atoms in total. The summed E-state index contributed by atoms with van der Waals surface area (Å²) in [6, 6.07) is 0.607. The normalized spacial score (nSPS) is 33.3. The Morgan fingerprint density at radius 3 is 2.72 bits per heavy atom. The molecule has 142 valence electrons. The standard InChI is InChI=1S/C19H34N4O2/c1-4-21-8-5-6-15(21)12-23-11-14(10-17(23)24)18(25)22-9-7-16(20)19(2,3)13-22/h14-16H,4-13,20H2,1-3H3. The van der Waals surface area contributed by atoms with Crippen LogP contribution in [-0.2, 0) is 9.59 Å². The van der Waals surface area contributed by atoms with Crippen molar-refractivity contribution in [2.24, 2.45) is 17.1 Å². The zero-order valence-electron chi connectivity index (χ0n) is 16.0. The van der Waals surface area contributed by atoms with Crippen LogP contribution in [0.1, 0.15) is 46.5 Å². The molecule has 0 aliphatic carbocycles. The summed E-state index contributed by atoms with van der Waals surface area (Å²) >= 11 is 0. The van der Waals surface area contributed by atoms with Crippen LogP contribution in [0.3, 0.4) is 0 Å². The van der Waals surface area contributed by atoms with Gasteiger partial charge in [-0.1, -0.05) is 20.8 Å². The summed E-state index contributed by atoms with van der Waals surface area (Å²) in [5.74, 6) is 0.123. The molecule has 0 bridgehead atoms. The summed E-state index contributed by atoms with van der Waals surface area (Å²) in [5, 5.41) is 0. The SMILES string of the molecule is CCN1CCCC1CN1CC(C(=O)N2CCC(N)C(C)(C)C2)CC1=O. The molecular formula is C19H34N4O2. The van der Waals surface area contributed by atoms with Gasteiger partial charge in [-0.15, -0.1) is 0 Å². The molecule has 3 atom stereocenters. The average Bonchev–Trinajstić information content (AvgIpc) is 3.16. The van der Waals surface area contributed by atoms with Gasteiger partial charge >= 0.3 is 0 Å². The Morgan fingerprint density at radius 1 is 1.28 bits per heavy atom. The molecule has 0 saturated carbocycles. The van der Waals surface area contributed by atoms with Crippen LogP contribution >= 0.6 is 0 Å². The van der Waals surface area contributed by atoms with Crippen molar-refractivity contribution >= 4 is 11.8 Å². The molecular weight excluding hydrogens is 316 g/mol. The van der Waals surface area contributed by atoms with Crippen LogP contribution in [0.4, 0.5) is 0 Å². The number of amides is 2. The minimum Gasteiger partial charge on any atom is -0.342 e. The lowest BCUT2D eigenvalue weighted by atomic mass is 9.79. The van der Waals surface area contributed by atoms with E-state index in [0.717, 1.165) is 39.0 Å². The van der Waals surface area contributed by atoms with Gasteiger partial charge in [-0.3, -0.25) is 14.5 Å². The van der Waals surface area contributed by atoms with Crippen LogP contribution in [0.2, 0.25) is 0 Å². The van der Waals surface area contributed by atoms with Gasteiger partial charge in [0.05, 0.1) is 5.92 Å². The van der Waals surface area contributed by atoms with E-state index in [1.165, 1.54) is 6.42 Å². The van der Waals surface area contributed by atoms with E-state index in [1.54, 1.807) is 0 Å². The lowest BCUT2D eigenvalue weighted by molar-refractivity contribution is -0.139. The molecule has 3 saturated heterocycles. The Kier molecular flexibility index (Phi) is 5.40. The molecule has 25 heavy (non-hydrogen) atoms. The van der Waals surface area contributed by atoms with Crippen LogP contribution in [0, 0.1) is 11.3 Å². The first-order valence-corrected chi connectivity index (χ1v) is 9.88. The molecule has 2 N–H and O–H groups in total. The Labute approximate surface area is 151 Å². The van der Waals surface area contributed by atoms with Crippen LogP contribution in [0.15, 0.2) is 0 Å². The fourth-order valence-corrected chi connectivity index (χ4v) is 4.71. The lowest BCUT2D eigenvalue weighted by Crippen LogP contribution is -2.55. The second kappa shape index (κ2) is 7.23. The molecule has 3 heterocycles. The summed E-state index contributed by atoms with van der Waals surface area (Å²) in [7, 11) is 0. The molecule has 3 fully saturated rings. The fourth-order valence-electron chi connectivity index (χ4n) is 4.71. The highest BCUT2D eigenvalue weighted by atomic mass is 16.2. The number of carbonyl (C=O) groups is 2. The maximum Gasteiger partial charge on any atom is 0.228 e. The van der Waals surface area contributed by atoms with Crippen molar-refractivity contribution in [3.63, 3.8) is 0 Å². The molecule has 3 unspecified atom stereocenters. The Balaban J connectivity index is 1.57. The zero-order chi connectivity index (χ0) is 18.2. The predicted molar refractivity (Wildman–Crippen MR) is 97.9 cm³/mol. The van der Waals surface area contributed by atoms with E-state index in [2.05, 4.69) is 25.7 Å². The highest BCUT2D eigenvalue weighted by Crippen LogP contribution is 2.30. The third-order valence-electron chi connectivity index (χ3n) is 6.52. The molecule has 0 spiro atoms. The van der Waals surface area contributed by atoms with Gasteiger partial charge in [-0.25, -0.2) is 0 Å². The van der Waals surface area contributed by atoms with Gasteiger partial charge < -0.3 is 15.5 Å². The topological polar surface area (TPSA) is 69.9 Å². The molecule has 0 aromatic heterocycles. The van der Waals surface area contributed by atoms with Crippen molar-refractivity contribution < 1.29 is 9.59 Å². The zero-order valence-corrected chi connectivity index (χ0v) is 16.0. The van der Waals surface area contributed by atoms with Gasteiger partial charge in [-0.2, -0.15) is 0 Å². The van der Waals surface area contributed by atoms with Crippen LogP contribution in [0.5, 0.6) is 0 Å². The second-order valence-electron chi connectivity index (χ2n) is 8.77. The number of nitrogens with zero attached hydrogens (tertiary/aromatic N) is 3. The van der Waals surface area contributed by atoms with Crippen molar-refractivity contribution in [2.45, 2.75) is 58.5 Å². The second-order valence-corrected chi connectivity index (χ2v) is 8.77. The number of rotatable bonds is 4. The smallest absolute Gasteiger partial charge is 0.228 e. The molecule has 0 aromatic rings. The van der Waals surface area contributed by atoms with Crippen LogP contribution in [-0.4, -0.2) is 77.9 Å². The third-order valence-corrected chi connectivity index (χ3v) is 6.52. The van der Waals surface area contributed by atoms with E-state index in [-0.39, 0.29) is 29.2 Å². The number of hydrogen-bond acceptors (Lipinski definition) is 4. The van der Waals surface area contributed by atoms with Gasteiger partial charge in [0, 0.05) is 44.7 Å². The quantitative estimate of drug-likeness (QED) is 0.818. The molecule has 3 aliphatic heterocycles. The van der Waals surface area contributed by atoms with E-state index in [0.29, 0.717) is 25.6 Å². The maximum atomic E-state index is 12.9. The summed E-state index contributed by atoms with van der Waals surface area (Å²) in [5.41, 5.74) is 6.13. The third kappa shape index (κ3) is 3.85. The summed E-state index contributed by atoms with van der Waals surface area (Å²) in [4.78, 5) is 31.7. The predicted octanol–water partition coefficient (Wildman–Crippen LogP) is 0.905. The van der Waals surface area contributed by atoms with Gasteiger partial charge in [0.25, 0.3) is 0 Å². The lowest BCUT2D eigenvalue weighted by Gasteiger charge is -2.43. The largest absolute Gasteiger partial charge is 0.342 e. The van der Waals surface area contributed by atoms with E-state index in [1.807, 2.05) is 9.80 Å². The van der Waals surface area contributed by atoms with Crippen molar-refractivity contribution in [2.75, 3.05) is 39.3 Å². The molecule has 2 amide bonds. The first-order chi connectivity index (χ1) is 11.8. The summed E-state index contributed by atoms with van der Waals surface area (Å²) in [6.07, 6.45) is 3.60. The first kappa shape index (κ1) is 18.6. The number of hydrogen-bond donors (Lipinski definition) is 1. The van der Waals surface area contributed by atoms with E-state index in [9.17, 15) is 9.59 Å². The minimum atomic E-state index is -0.172. The monoisotopic (exact) mass is 350 g/mol. The molecule has 6 heteroatoms. The number of piperidine rings is 1. The van der Waals surface area contributed by atoms with Crippen LogP contribution in [0.25, 0.3) is 0 Å². The Hall–Kier alpha value is -1.14. The van der Waals surface area contributed by atoms with Crippen molar-refractivity contribution in [3.05, 3.63) is 0 Å². The van der Waals surface area contributed by atoms with E-state index in [4.69, 9.17) is 5.73 Å². The molecule has 0 aromatic carbocycles. The van der Waals surface area contributed by atoms with Gasteiger partial charge in [0.15, 0.2) is 0 Å². The molecule has 3 aliphatic rings. The van der Waals surface area contributed by atoms with Crippen molar-refractivity contribution in [3.8, 4) is 0 Å². The number of nitrogens with two attached hydrogens (primary N) is 1. The summed E-state index contributed by atoms with van der Waals surface area (Å²) in [6.45, 7) is 11.4. The average molecular weight is 351 g/mol. The van der Waals surface area contributed by atoms with Crippen LogP contribution < -0.4 is 5.73 Å². The molecule has 0 radical (unpaired) electrons.